The van der Waals surface area contributed by atoms with E-state index in [1.807, 2.05) is 13.8 Å². The van der Waals surface area contributed by atoms with Crippen molar-refractivity contribution in [2.75, 3.05) is 6.54 Å². The van der Waals surface area contributed by atoms with Gasteiger partial charge in [-0.3, -0.25) is 0 Å². The lowest BCUT2D eigenvalue weighted by Gasteiger charge is -2.33. The first-order valence-electron chi connectivity index (χ1n) is 7.04. The summed E-state index contributed by atoms with van der Waals surface area (Å²) in [5, 5.41) is 10.1. The maximum atomic E-state index is 13.5. The van der Waals surface area contributed by atoms with E-state index in [-0.39, 0.29) is 12.5 Å². The quantitative estimate of drug-likeness (QED) is 0.804. The highest BCUT2D eigenvalue weighted by molar-refractivity contribution is 7.88. The number of aliphatic hydroxyl groups excluding tert-OH is 1. The Morgan fingerprint density at radius 3 is 2.18 bits per heavy atom. The number of halogens is 2. The first kappa shape index (κ1) is 19.0. The molecule has 0 heterocycles. The van der Waals surface area contributed by atoms with Crippen LogP contribution in [0.15, 0.2) is 18.2 Å². The van der Waals surface area contributed by atoms with Crippen LogP contribution < -0.4 is 4.72 Å². The number of aliphatic hydroxyl groups is 1. The van der Waals surface area contributed by atoms with Gasteiger partial charge in [-0.1, -0.05) is 33.8 Å². The third-order valence-electron chi connectivity index (χ3n) is 3.58. The molecule has 0 aliphatic heterocycles. The van der Waals surface area contributed by atoms with Gasteiger partial charge in [0, 0.05) is 17.5 Å². The highest BCUT2D eigenvalue weighted by atomic mass is 32.2. The van der Waals surface area contributed by atoms with Gasteiger partial charge in [-0.05, 0) is 18.1 Å². The van der Waals surface area contributed by atoms with Crippen LogP contribution in [0, 0.1) is 23.0 Å². The summed E-state index contributed by atoms with van der Waals surface area (Å²) in [5.74, 6) is -2.61. The fourth-order valence-corrected chi connectivity index (χ4v) is 3.56. The molecule has 1 rings (SSSR count). The van der Waals surface area contributed by atoms with Gasteiger partial charge in [0.15, 0.2) is 0 Å². The Bertz CT molecular complexity index is 595. The predicted molar refractivity (Wildman–Crippen MR) is 81.6 cm³/mol. The van der Waals surface area contributed by atoms with Crippen LogP contribution in [-0.2, 0) is 15.8 Å². The fraction of sp³-hybridized carbons (Fsp3) is 0.600. The summed E-state index contributed by atoms with van der Waals surface area (Å²) in [6.45, 7) is 7.09. The van der Waals surface area contributed by atoms with E-state index in [1.165, 1.54) is 6.07 Å². The molecule has 1 aromatic rings. The molecule has 4 nitrogen and oxygen atoms in total. The normalized spacial score (nSPS) is 14.4. The summed E-state index contributed by atoms with van der Waals surface area (Å²) in [6.07, 6.45) is -0.708. The van der Waals surface area contributed by atoms with Crippen molar-refractivity contribution in [1.29, 1.82) is 0 Å². The third-order valence-corrected chi connectivity index (χ3v) is 4.83. The SMILES string of the molecule is CC(C)C(O)C(C)(C)CNS(=O)(=O)Cc1c(F)cccc1F. The van der Waals surface area contributed by atoms with Crippen LogP contribution in [-0.4, -0.2) is 26.2 Å². The van der Waals surface area contributed by atoms with Crippen molar-refractivity contribution >= 4 is 10.0 Å². The summed E-state index contributed by atoms with van der Waals surface area (Å²) >= 11 is 0. The van der Waals surface area contributed by atoms with E-state index in [0.717, 1.165) is 12.1 Å². The average Bonchev–Trinajstić information content (AvgIpc) is 2.40. The molecule has 0 spiro atoms. The topological polar surface area (TPSA) is 66.4 Å². The molecule has 2 N–H and O–H groups in total. The molecule has 0 aliphatic rings. The zero-order valence-corrected chi connectivity index (χ0v) is 14.0. The Morgan fingerprint density at radius 2 is 1.73 bits per heavy atom. The van der Waals surface area contributed by atoms with Gasteiger partial charge in [0.1, 0.15) is 11.6 Å². The number of nitrogens with one attached hydrogen (secondary N) is 1. The first-order chi connectivity index (χ1) is 9.96. The van der Waals surface area contributed by atoms with Gasteiger partial charge < -0.3 is 5.11 Å². The lowest BCUT2D eigenvalue weighted by atomic mass is 9.81. The van der Waals surface area contributed by atoms with E-state index in [0.29, 0.717) is 0 Å². The van der Waals surface area contributed by atoms with Gasteiger partial charge in [0.25, 0.3) is 0 Å². The molecule has 7 heteroatoms. The molecule has 1 aromatic carbocycles. The van der Waals surface area contributed by atoms with Crippen molar-refractivity contribution in [3.05, 3.63) is 35.4 Å². The third kappa shape index (κ3) is 5.00. The van der Waals surface area contributed by atoms with Crippen LogP contribution in [0.2, 0.25) is 0 Å². The maximum absolute atomic E-state index is 13.5. The van der Waals surface area contributed by atoms with Gasteiger partial charge in [0.05, 0.1) is 11.9 Å². The van der Waals surface area contributed by atoms with Crippen LogP contribution in [0.4, 0.5) is 8.78 Å². The highest BCUT2D eigenvalue weighted by Gasteiger charge is 2.31. The molecular weight excluding hydrogens is 312 g/mol. The molecule has 0 bridgehead atoms. The second-order valence-corrected chi connectivity index (χ2v) is 8.26. The molecule has 0 fully saturated rings. The average molecular weight is 335 g/mol. The molecule has 0 saturated carbocycles. The van der Waals surface area contributed by atoms with Crippen LogP contribution in [0.3, 0.4) is 0 Å². The minimum Gasteiger partial charge on any atom is -0.392 e. The number of hydrogen-bond acceptors (Lipinski definition) is 3. The highest BCUT2D eigenvalue weighted by Crippen LogP contribution is 2.25. The fourth-order valence-electron chi connectivity index (χ4n) is 2.21. The van der Waals surface area contributed by atoms with Gasteiger partial charge in [-0.2, -0.15) is 0 Å². The number of hydrogen-bond donors (Lipinski definition) is 2. The standard InChI is InChI=1S/C15H23F2NO3S/c1-10(2)14(19)15(3,4)9-18-22(20,21)8-11-12(16)6-5-7-13(11)17/h5-7,10,14,18-19H,8-9H2,1-4H3. The van der Waals surface area contributed by atoms with Crippen LogP contribution in [0.1, 0.15) is 33.3 Å². The predicted octanol–water partition coefficient (Wildman–Crippen LogP) is 2.43. The largest absolute Gasteiger partial charge is 0.392 e. The summed E-state index contributed by atoms with van der Waals surface area (Å²) in [7, 11) is -3.91. The molecule has 0 radical (unpaired) electrons. The van der Waals surface area contributed by atoms with Crippen molar-refractivity contribution in [3.8, 4) is 0 Å². The van der Waals surface area contributed by atoms with Gasteiger partial charge in [0.2, 0.25) is 10.0 Å². The van der Waals surface area contributed by atoms with Crippen molar-refractivity contribution in [3.63, 3.8) is 0 Å². The molecule has 1 atom stereocenters. The zero-order valence-electron chi connectivity index (χ0n) is 13.2. The van der Waals surface area contributed by atoms with E-state index >= 15 is 0 Å². The second kappa shape index (κ2) is 7.02. The maximum Gasteiger partial charge on any atom is 0.216 e. The van der Waals surface area contributed by atoms with Crippen LogP contribution >= 0.6 is 0 Å². The molecule has 0 aromatic heterocycles. The van der Waals surface area contributed by atoms with E-state index in [1.54, 1.807) is 13.8 Å². The van der Waals surface area contributed by atoms with E-state index in [9.17, 15) is 22.3 Å². The number of rotatable bonds is 7. The smallest absolute Gasteiger partial charge is 0.216 e. The van der Waals surface area contributed by atoms with Crippen molar-refractivity contribution in [1.82, 2.24) is 4.72 Å². The van der Waals surface area contributed by atoms with Crippen molar-refractivity contribution in [2.24, 2.45) is 11.3 Å². The molecular formula is C15H23F2NO3S. The van der Waals surface area contributed by atoms with Gasteiger partial charge >= 0.3 is 0 Å². The Morgan fingerprint density at radius 1 is 1.23 bits per heavy atom. The van der Waals surface area contributed by atoms with Crippen LogP contribution in [0.5, 0.6) is 0 Å². The van der Waals surface area contributed by atoms with Crippen LogP contribution in [0.25, 0.3) is 0 Å². The lowest BCUT2D eigenvalue weighted by molar-refractivity contribution is 0.0166. The van der Waals surface area contributed by atoms with Crippen molar-refractivity contribution in [2.45, 2.75) is 39.6 Å². The van der Waals surface area contributed by atoms with Gasteiger partial charge in [-0.25, -0.2) is 21.9 Å². The number of benzene rings is 1. The van der Waals surface area contributed by atoms with E-state index in [4.69, 9.17) is 0 Å². The Balaban J connectivity index is 2.81. The summed E-state index contributed by atoms with van der Waals surface area (Å²) in [6, 6.07) is 3.21. The van der Waals surface area contributed by atoms with E-state index < -0.39 is 44.5 Å². The Kier molecular flexibility index (Phi) is 6.06. The van der Waals surface area contributed by atoms with E-state index in [2.05, 4.69) is 4.72 Å². The molecule has 0 amide bonds. The zero-order chi connectivity index (χ0) is 17.1. The molecule has 126 valence electrons. The van der Waals surface area contributed by atoms with Crippen molar-refractivity contribution < 1.29 is 22.3 Å². The summed E-state index contributed by atoms with van der Waals surface area (Å²) < 4.78 is 53.4. The summed E-state index contributed by atoms with van der Waals surface area (Å²) in [4.78, 5) is 0. The Hall–Kier alpha value is -1.05. The second-order valence-electron chi connectivity index (χ2n) is 6.46. The first-order valence-corrected chi connectivity index (χ1v) is 8.70. The minimum absolute atomic E-state index is 0.0231. The molecule has 0 saturated heterocycles. The monoisotopic (exact) mass is 335 g/mol. The Labute approximate surface area is 130 Å². The summed E-state index contributed by atoms with van der Waals surface area (Å²) in [5.41, 5.74) is -1.19. The molecule has 0 aliphatic carbocycles. The molecule has 22 heavy (non-hydrogen) atoms. The minimum atomic E-state index is -3.91. The molecule has 1 unspecified atom stereocenters. The lowest BCUT2D eigenvalue weighted by Crippen LogP contribution is -2.43. The number of sulfonamides is 1. The van der Waals surface area contributed by atoms with Gasteiger partial charge in [-0.15, -0.1) is 0 Å².